The van der Waals surface area contributed by atoms with E-state index in [0.29, 0.717) is 0 Å². The van der Waals surface area contributed by atoms with Crippen molar-refractivity contribution in [2.75, 3.05) is 9.80 Å². The van der Waals surface area contributed by atoms with Gasteiger partial charge in [-0.2, -0.15) is 0 Å². The van der Waals surface area contributed by atoms with Gasteiger partial charge in [0.1, 0.15) is 5.58 Å². The maximum absolute atomic E-state index is 6.26. The summed E-state index contributed by atoms with van der Waals surface area (Å²) in [6, 6.07) is 48.7. The summed E-state index contributed by atoms with van der Waals surface area (Å²) in [5.74, 6) is 0. The molecule has 0 atom stereocenters. The molecule has 7 aromatic carbocycles. The highest BCUT2D eigenvalue weighted by Crippen LogP contribution is 2.52. The third kappa shape index (κ3) is 6.90. The van der Waals surface area contributed by atoms with Crippen LogP contribution in [0.2, 0.25) is 0 Å². The molecule has 3 nitrogen and oxygen atoms in total. The standard InChI is InChI=1S/C62H61BN2OS/c1-36-27-51-56-52(28-36)65(57-37(2)29-43(30-38(57)3)61(8,9)10)59-55(47-33-42(60(5,6)7)24-26-54(47)67-59)63(56)49-32-41(48-35-66-53-22-18-17-21-45(48)53)23-25-50(49)64(51)58-39(4)31-44(62(11,12)13)34-46(58)40-19-15-14-16-20-40/h14-35H,1-13H3. The van der Waals surface area contributed by atoms with Crippen LogP contribution in [-0.2, 0) is 16.2 Å². The normalized spacial score (nSPS) is 13.7. The van der Waals surface area contributed by atoms with Crippen LogP contribution in [0.15, 0.2) is 138 Å². The summed E-state index contributed by atoms with van der Waals surface area (Å²) in [5.41, 5.74) is 24.9. The van der Waals surface area contributed by atoms with Crippen LogP contribution in [0.25, 0.3) is 43.3 Å². The fourth-order valence-corrected chi connectivity index (χ4v) is 12.3. The Labute approximate surface area is 402 Å². The van der Waals surface area contributed by atoms with Gasteiger partial charge in [-0.15, -0.1) is 11.3 Å². The molecule has 0 amide bonds. The largest absolute Gasteiger partial charge is 0.464 e. The monoisotopic (exact) mass is 892 g/mol. The van der Waals surface area contributed by atoms with E-state index in [-0.39, 0.29) is 23.0 Å². The van der Waals surface area contributed by atoms with Crippen LogP contribution in [0.3, 0.4) is 0 Å². The van der Waals surface area contributed by atoms with Crippen LogP contribution in [0.5, 0.6) is 0 Å². The summed E-state index contributed by atoms with van der Waals surface area (Å²) in [6.07, 6.45) is 1.95. The lowest BCUT2D eigenvalue weighted by Crippen LogP contribution is -2.61. The molecule has 11 rings (SSSR count). The molecule has 9 aromatic rings. The Hall–Kier alpha value is -6.30. The minimum atomic E-state index is -0.0472. The zero-order valence-corrected chi connectivity index (χ0v) is 42.3. The first-order valence-corrected chi connectivity index (χ1v) is 24.8. The molecule has 0 aliphatic carbocycles. The molecule has 2 aromatic heterocycles. The molecular weight excluding hydrogens is 832 g/mol. The van der Waals surface area contributed by atoms with Crippen molar-refractivity contribution < 1.29 is 4.42 Å². The van der Waals surface area contributed by atoms with E-state index >= 15 is 0 Å². The number of anilines is 6. The first kappa shape index (κ1) is 43.3. The molecule has 4 heterocycles. The van der Waals surface area contributed by atoms with E-state index < -0.39 is 0 Å². The van der Waals surface area contributed by atoms with Crippen molar-refractivity contribution >= 4 is 88.9 Å². The fraction of sp³-hybridized carbons (Fsp3) is 0.258. The summed E-state index contributed by atoms with van der Waals surface area (Å²) < 4.78 is 7.57. The number of benzene rings is 7. The summed E-state index contributed by atoms with van der Waals surface area (Å²) in [4.78, 5) is 5.31. The van der Waals surface area contributed by atoms with E-state index in [2.05, 4.69) is 227 Å². The molecule has 0 radical (unpaired) electrons. The number of para-hydroxylation sites is 1. The quantitative estimate of drug-likeness (QED) is 0.164. The molecule has 2 aliphatic rings. The van der Waals surface area contributed by atoms with E-state index in [0.717, 1.165) is 22.1 Å². The number of rotatable bonds is 4. The molecule has 0 saturated carbocycles. The van der Waals surface area contributed by atoms with Gasteiger partial charge in [0.15, 0.2) is 0 Å². The Morgan fingerprint density at radius 2 is 1.09 bits per heavy atom. The van der Waals surface area contributed by atoms with E-state index in [1.807, 2.05) is 17.6 Å². The predicted octanol–water partition coefficient (Wildman–Crippen LogP) is 16.2. The average Bonchev–Trinajstić information content (AvgIpc) is 3.88. The lowest BCUT2D eigenvalue weighted by molar-refractivity contribution is 0.589. The summed E-state index contributed by atoms with van der Waals surface area (Å²) in [7, 11) is 0. The molecule has 0 unspecified atom stereocenters. The molecule has 0 N–H and O–H groups in total. The van der Waals surface area contributed by atoms with Crippen molar-refractivity contribution in [2.24, 2.45) is 0 Å². The van der Waals surface area contributed by atoms with Crippen LogP contribution >= 0.6 is 11.3 Å². The van der Waals surface area contributed by atoms with Gasteiger partial charge in [-0.3, -0.25) is 0 Å². The molecule has 0 saturated heterocycles. The van der Waals surface area contributed by atoms with Gasteiger partial charge in [0.25, 0.3) is 6.71 Å². The van der Waals surface area contributed by atoms with Crippen molar-refractivity contribution in [1.29, 1.82) is 0 Å². The van der Waals surface area contributed by atoms with E-state index in [4.69, 9.17) is 4.42 Å². The maximum atomic E-state index is 6.26. The Morgan fingerprint density at radius 3 is 1.76 bits per heavy atom. The molecule has 5 heteroatoms. The lowest BCUT2D eigenvalue weighted by Gasteiger charge is -2.45. The Kier molecular flexibility index (Phi) is 9.76. The van der Waals surface area contributed by atoms with Crippen LogP contribution in [0.4, 0.5) is 33.4 Å². The highest BCUT2D eigenvalue weighted by Gasteiger charge is 2.47. The molecule has 0 spiro atoms. The highest BCUT2D eigenvalue weighted by atomic mass is 32.1. The fourth-order valence-electron chi connectivity index (χ4n) is 11.0. The first-order chi connectivity index (χ1) is 31.8. The van der Waals surface area contributed by atoms with Crippen molar-refractivity contribution in [3.63, 3.8) is 0 Å². The second-order valence-electron chi connectivity index (χ2n) is 22.5. The summed E-state index contributed by atoms with van der Waals surface area (Å²) in [6.45, 7) is 30.2. The van der Waals surface area contributed by atoms with Crippen LogP contribution in [-0.4, -0.2) is 6.71 Å². The molecule has 67 heavy (non-hydrogen) atoms. The smallest absolute Gasteiger partial charge is 0.254 e. The molecular formula is C62H61BN2OS. The number of hydrogen-bond donors (Lipinski definition) is 0. The predicted molar refractivity (Wildman–Crippen MR) is 292 cm³/mol. The van der Waals surface area contributed by atoms with Gasteiger partial charge in [-0.25, -0.2) is 0 Å². The van der Waals surface area contributed by atoms with Crippen molar-refractivity contribution in [2.45, 2.75) is 106 Å². The van der Waals surface area contributed by atoms with Gasteiger partial charge >= 0.3 is 0 Å². The minimum absolute atomic E-state index is 0.0190. The Morgan fingerprint density at radius 1 is 0.478 bits per heavy atom. The van der Waals surface area contributed by atoms with Gasteiger partial charge in [0, 0.05) is 38.3 Å². The van der Waals surface area contributed by atoms with Gasteiger partial charge in [0.2, 0.25) is 0 Å². The second kappa shape index (κ2) is 15.1. The number of furan rings is 1. The van der Waals surface area contributed by atoms with Crippen molar-refractivity contribution in [3.05, 3.63) is 173 Å². The third-order valence-electron chi connectivity index (χ3n) is 14.5. The number of hydrogen-bond acceptors (Lipinski definition) is 4. The zero-order chi connectivity index (χ0) is 47.1. The molecule has 0 fully saturated rings. The van der Waals surface area contributed by atoms with Gasteiger partial charge < -0.3 is 14.2 Å². The van der Waals surface area contributed by atoms with E-state index in [9.17, 15) is 0 Å². The van der Waals surface area contributed by atoms with Gasteiger partial charge in [-0.05, 0) is 152 Å². The topological polar surface area (TPSA) is 19.6 Å². The first-order valence-electron chi connectivity index (χ1n) is 24.0. The van der Waals surface area contributed by atoms with E-state index in [1.165, 1.54) is 110 Å². The number of aryl methyl sites for hydroxylation is 4. The van der Waals surface area contributed by atoms with Gasteiger partial charge in [-0.1, -0.05) is 153 Å². The Balaban J connectivity index is 1.30. The summed E-state index contributed by atoms with van der Waals surface area (Å²) >= 11 is 1.95. The summed E-state index contributed by atoms with van der Waals surface area (Å²) in [5, 5.41) is 3.78. The second-order valence-corrected chi connectivity index (χ2v) is 23.6. The number of thiophene rings is 1. The maximum Gasteiger partial charge on any atom is 0.254 e. The third-order valence-corrected chi connectivity index (χ3v) is 15.7. The SMILES string of the molecule is Cc1cc2c3c(c1)N(c1c(C)cc(C(C)(C)C)cc1C)c1sc4ccc(C(C)(C)C)cc4c1B3c1cc(-c3coc4ccccc34)ccc1N2c1c(C)cc(C(C)(C)C)cc1-c1ccccc1. The molecule has 2 aliphatic heterocycles. The highest BCUT2D eigenvalue weighted by molar-refractivity contribution is 7.26. The van der Waals surface area contributed by atoms with Crippen LogP contribution in [0, 0.1) is 27.7 Å². The van der Waals surface area contributed by atoms with Gasteiger partial charge in [0.05, 0.1) is 22.6 Å². The molecule has 0 bridgehead atoms. The van der Waals surface area contributed by atoms with Crippen molar-refractivity contribution in [1.82, 2.24) is 0 Å². The number of fused-ring (bicyclic) bond motifs is 7. The average molecular weight is 893 g/mol. The van der Waals surface area contributed by atoms with E-state index in [1.54, 1.807) is 0 Å². The number of nitrogens with zero attached hydrogens (tertiary/aromatic N) is 2. The molecule has 334 valence electrons. The Bertz CT molecular complexity index is 3450. The zero-order valence-electron chi connectivity index (χ0n) is 41.5. The van der Waals surface area contributed by atoms with Crippen LogP contribution in [0.1, 0.15) is 101 Å². The lowest BCUT2D eigenvalue weighted by atomic mass is 9.33. The minimum Gasteiger partial charge on any atom is -0.464 e. The van der Waals surface area contributed by atoms with Crippen LogP contribution < -0.4 is 26.2 Å². The van der Waals surface area contributed by atoms with Crippen molar-refractivity contribution in [3.8, 4) is 22.3 Å².